The van der Waals surface area contributed by atoms with E-state index in [1.54, 1.807) is 23.5 Å². The Bertz CT molecular complexity index is 801. The highest BCUT2D eigenvalue weighted by atomic mass is 35.5. The molecule has 0 aromatic carbocycles. The summed E-state index contributed by atoms with van der Waals surface area (Å²) in [6, 6.07) is 4.27. The summed E-state index contributed by atoms with van der Waals surface area (Å²) in [7, 11) is 0. The van der Waals surface area contributed by atoms with E-state index < -0.39 is 5.06 Å². The number of thiazole rings is 1. The zero-order chi connectivity index (χ0) is 18.7. The van der Waals surface area contributed by atoms with Crippen LogP contribution in [0.1, 0.15) is 48.4 Å². The van der Waals surface area contributed by atoms with Crippen LogP contribution >= 0.6 is 22.9 Å². The molecule has 0 amide bonds. The quantitative estimate of drug-likeness (QED) is 0.709. The summed E-state index contributed by atoms with van der Waals surface area (Å²) >= 11 is 7.97. The van der Waals surface area contributed by atoms with Crippen LogP contribution < -0.4 is 4.90 Å². The number of aromatic nitrogens is 2. The first-order chi connectivity index (χ1) is 12.4. The molecular formula is C20H24ClN3OS. The summed E-state index contributed by atoms with van der Waals surface area (Å²) < 4.78 is 0. The van der Waals surface area contributed by atoms with Gasteiger partial charge in [-0.2, -0.15) is 0 Å². The molecule has 4 nitrogen and oxygen atoms in total. The molecule has 26 heavy (non-hydrogen) atoms. The molecule has 6 heteroatoms. The van der Waals surface area contributed by atoms with Gasteiger partial charge >= 0.3 is 0 Å². The number of halogens is 1. The topological polar surface area (TPSA) is 49.2 Å². The van der Waals surface area contributed by atoms with Crippen molar-refractivity contribution in [2.24, 2.45) is 0 Å². The second-order valence-electron chi connectivity index (χ2n) is 6.54. The number of hydrogen-bond acceptors (Lipinski definition) is 5. The molecule has 2 aromatic heterocycles. The Morgan fingerprint density at radius 2 is 2.08 bits per heavy atom. The molecule has 3 atom stereocenters. The van der Waals surface area contributed by atoms with Crippen LogP contribution in [0.15, 0.2) is 48.8 Å². The average Bonchev–Trinajstić information content (AvgIpc) is 3.00. The van der Waals surface area contributed by atoms with Gasteiger partial charge < -0.3 is 10.0 Å². The van der Waals surface area contributed by atoms with Crippen molar-refractivity contribution in [2.75, 3.05) is 11.4 Å². The third-order valence-corrected chi connectivity index (χ3v) is 6.05. The van der Waals surface area contributed by atoms with Crippen LogP contribution in [0, 0.1) is 6.92 Å². The molecule has 1 aliphatic rings. The lowest BCUT2D eigenvalue weighted by atomic mass is 9.93. The van der Waals surface area contributed by atoms with Gasteiger partial charge in [0.15, 0.2) is 10.2 Å². The first-order valence-corrected chi connectivity index (χ1v) is 10.0. The Balaban J connectivity index is 1.94. The molecule has 3 unspecified atom stereocenters. The van der Waals surface area contributed by atoms with E-state index in [1.807, 2.05) is 43.6 Å². The second kappa shape index (κ2) is 7.91. The summed E-state index contributed by atoms with van der Waals surface area (Å²) in [4.78, 5) is 12.4. The Labute approximate surface area is 163 Å². The highest BCUT2D eigenvalue weighted by Gasteiger charge is 2.36. The molecule has 0 spiro atoms. The van der Waals surface area contributed by atoms with Gasteiger partial charge in [0, 0.05) is 23.8 Å². The minimum absolute atomic E-state index is 0.188. The summed E-state index contributed by atoms with van der Waals surface area (Å²) in [6.07, 6.45) is 11.9. The van der Waals surface area contributed by atoms with Crippen LogP contribution in [-0.2, 0) is 0 Å². The summed E-state index contributed by atoms with van der Waals surface area (Å²) in [6.45, 7) is 7.29. The minimum Gasteiger partial charge on any atom is -0.370 e. The maximum atomic E-state index is 10.5. The van der Waals surface area contributed by atoms with Gasteiger partial charge in [-0.25, -0.2) is 4.98 Å². The number of nitrogens with zero attached hydrogens (tertiary/aromatic N) is 3. The molecule has 0 saturated heterocycles. The number of anilines is 1. The van der Waals surface area contributed by atoms with Crippen molar-refractivity contribution in [1.29, 1.82) is 0 Å². The van der Waals surface area contributed by atoms with E-state index in [9.17, 15) is 5.11 Å². The van der Waals surface area contributed by atoms with E-state index in [2.05, 4.69) is 23.7 Å². The van der Waals surface area contributed by atoms with Gasteiger partial charge in [0.1, 0.15) is 0 Å². The van der Waals surface area contributed by atoms with Crippen molar-refractivity contribution in [3.05, 3.63) is 65.0 Å². The van der Waals surface area contributed by atoms with E-state index in [1.165, 1.54) is 5.56 Å². The molecule has 0 radical (unpaired) electrons. The lowest BCUT2D eigenvalue weighted by molar-refractivity contribution is 0.160. The van der Waals surface area contributed by atoms with E-state index in [4.69, 9.17) is 16.6 Å². The summed E-state index contributed by atoms with van der Waals surface area (Å²) in [5.41, 5.74) is 2.04. The van der Waals surface area contributed by atoms with Gasteiger partial charge in [-0.1, -0.05) is 36.8 Å². The predicted molar refractivity (Wildman–Crippen MR) is 109 cm³/mol. The van der Waals surface area contributed by atoms with Gasteiger partial charge in [-0.05, 0) is 44.0 Å². The van der Waals surface area contributed by atoms with Gasteiger partial charge in [0.05, 0.1) is 17.7 Å². The zero-order valence-corrected chi connectivity index (χ0v) is 16.8. The fourth-order valence-electron chi connectivity index (χ4n) is 3.21. The highest BCUT2D eigenvalue weighted by molar-refractivity contribution is 7.15. The molecule has 138 valence electrons. The van der Waals surface area contributed by atoms with Crippen molar-refractivity contribution in [2.45, 2.75) is 44.2 Å². The smallest absolute Gasteiger partial charge is 0.186 e. The molecule has 1 N–H and O–H groups in total. The molecule has 3 rings (SSSR count). The third-order valence-electron chi connectivity index (χ3n) is 4.66. The van der Waals surface area contributed by atoms with Crippen molar-refractivity contribution in [1.82, 2.24) is 9.97 Å². The second-order valence-corrected chi connectivity index (χ2v) is 8.32. The monoisotopic (exact) mass is 389 g/mol. The SMILES string of the molecule is CCCN(c1nc(C2C=CC=CC2(O)Cl)c(C)s1)C(C)c1ccncc1. The number of alkyl halides is 1. The van der Waals surface area contributed by atoms with Crippen LogP contribution in [0.3, 0.4) is 0 Å². The number of pyridine rings is 1. The minimum atomic E-state index is -1.43. The van der Waals surface area contributed by atoms with E-state index in [-0.39, 0.29) is 12.0 Å². The number of hydrogen-bond donors (Lipinski definition) is 1. The van der Waals surface area contributed by atoms with E-state index >= 15 is 0 Å². The molecule has 0 bridgehead atoms. The fourth-order valence-corrected chi connectivity index (χ4v) is 4.52. The van der Waals surface area contributed by atoms with Crippen LogP contribution in [0.2, 0.25) is 0 Å². The first-order valence-electron chi connectivity index (χ1n) is 8.85. The lowest BCUT2D eigenvalue weighted by Gasteiger charge is -2.29. The molecular weight excluding hydrogens is 366 g/mol. The highest BCUT2D eigenvalue weighted by Crippen LogP contribution is 2.41. The maximum Gasteiger partial charge on any atom is 0.186 e. The Hall–Kier alpha value is -1.69. The van der Waals surface area contributed by atoms with E-state index in [0.29, 0.717) is 0 Å². The van der Waals surface area contributed by atoms with E-state index in [0.717, 1.165) is 28.7 Å². The van der Waals surface area contributed by atoms with Crippen LogP contribution in [0.4, 0.5) is 5.13 Å². The number of allylic oxidation sites excluding steroid dienone is 2. The van der Waals surface area contributed by atoms with Gasteiger partial charge in [0.25, 0.3) is 0 Å². The summed E-state index contributed by atoms with van der Waals surface area (Å²) in [5.74, 6) is -0.348. The van der Waals surface area contributed by atoms with Crippen LogP contribution in [-0.4, -0.2) is 26.7 Å². The standard InChI is InChI=1S/C20H24ClN3OS/c1-4-13-24(14(2)16-8-11-22-12-9-16)19-23-18(15(3)26-19)17-7-5-6-10-20(17,21)25/h5-12,14,17,25H,4,13H2,1-3H3. The first kappa shape index (κ1) is 19.1. The normalized spacial score (nSPS) is 23.2. The third kappa shape index (κ3) is 3.85. The Morgan fingerprint density at radius 3 is 2.73 bits per heavy atom. The maximum absolute atomic E-state index is 10.5. The van der Waals surface area contributed by atoms with Gasteiger partial charge in [0.2, 0.25) is 0 Å². The van der Waals surface area contributed by atoms with Crippen LogP contribution in [0.25, 0.3) is 0 Å². The number of aryl methyl sites for hydroxylation is 1. The summed E-state index contributed by atoms with van der Waals surface area (Å²) in [5, 5.41) is 10.0. The Morgan fingerprint density at radius 1 is 1.35 bits per heavy atom. The number of aliphatic hydroxyl groups is 1. The molecule has 0 fully saturated rings. The van der Waals surface area contributed by atoms with Crippen molar-refractivity contribution >= 4 is 28.1 Å². The molecule has 0 saturated carbocycles. The number of rotatable bonds is 6. The fraction of sp³-hybridized carbons (Fsp3) is 0.400. The molecule has 2 heterocycles. The van der Waals surface area contributed by atoms with Gasteiger partial charge in [-0.15, -0.1) is 11.3 Å². The average molecular weight is 390 g/mol. The Kier molecular flexibility index (Phi) is 5.80. The van der Waals surface area contributed by atoms with Gasteiger partial charge in [-0.3, -0.25) is 4.98 Å². The predicted octanol–water partition coefficient (Wildman–Crippen LogP) is 4.96. The lowest BCUT2D eigenvalue weighted by Crippen LogP contribution is -2.29. The largest absolute Gasteiger partial charge is 0.370 e. The van der Waals surface area contributed by atoms with Crippen molar-refractivity contribution in [3.8, 4) is 0 Å². The molecule has 2 aromatic rings. The van der Waals surface area contributed by atoms with Crippen LogP contribution in [0.5, 0.6) is 0 Å². The molecule has 0 aliphatic heterocycles. The molecule has 1 aliphatic carbocycles. The van der Waals surface area contributed by atoms with Crippen molar-refractivity contribution in [3.63, 3.8) is 0 Å². The zero-order valence-electron chi connectivity index (χ0n) is 15.3. The van der Waals surface area contributed by atoms with Crippen molar-refractivity contribution < 1.29 is 5.11 Å².